The number of nitrogens with one attached hydrogen (secondary N) is 1. The number of pyridine rings is 1. The molecular weight excluding hydrogens is 246 g/mol. The molecular formula is C13H15N3OS. The number of amides is 2. The van der Waals surface area contributed by atoms with Crippen molar-refractivity contribution in [1.29, 1.82) is 0 Å². The molecule has 0 aliphatic rings. The zero-order valence-electron chi connectivity index (χ0n) is 10.3. The Hall–Kier alpha value is -1.88. The molecule has 94 valence electrons. The average Bonchev–Trinajstić information content (AvgIpc) is 2.92. The van der Waals surface area contributed by atoms with E-state index >= 15 is 0 Å². The van der Waals surface area contributed by atoms with Crippen LogP contribution < -0.4 is 5.32 Å². The first kappa shape index (κ1) is 12.6. The van der Waals surface area contributed by atoms with Gasteiger partial charge in [0.25, 0.3) is 0 Å². The Labute approximate surface area is 110 Å². The van der Waals surface area contributed by atoms with Crippen LogP contribution in [0.2, 0.25) is 0 Å². The first-order valence-electron chi connectivity index (χ1n) is 5.66. The minimum absolute atomic E-state index is 0.0497. The Bertz CT molecular complexity index is 498. The summed E-state index contributed by atoms with van der Waals surface area (Å²) in [5.41, 5.74) is 0. The van der Waals surface area contributed by atoms with Crippen LogP contribution in [0.3, 0.4) is 0 Å². The maximum atomic E-state index is 12.0. The maximum Gasteiger partial charge on any atom is 0.323 e. The highest BCUT2D eigenvalue weighted by molar-refractivity contribution is 7.10. The lowest BCUT2D eigenvalue weighted by Gasteiger charge is -2.24. The summed E-state index contributed by atoms with van der Waals surface area (Å²) in [6.45, 7) is 2.00. The third-order valence-corrected chi connectivity index (χ3v) is 3.80. The number of rotatable bonds is 3. The summed E-state index contributed by atoms with van der Waals surface area (Å²) >= 11 is 1.65. The second kappa shape index (κ2) is 5.64. The fourth-order valence-electron chi connectivity index (χ4n) is 1.53. The predicted octanol–water partition coefficient (Wildman–Crippen LogP) is 3.37. The van der Waals surface area contributed by atoms with Crippen LogP contribution in [0.4, 0.5) is 10.6 Å². The highest BCUT2D eigenvalue weighted by Gasteiger charge is 2.18. The van der Waals surface area contributed by atoms with E-state index in [1.54, 1.807) is 35.5 Å². The molecule has 1 atom stereocenters. The summed E-state index contributed by atoms with van der Waals surface area (Å²) in [5.74, 6) is 0.563. The second-order valence-corrected chi connectivity index (χ2v) is 4.93. The Morgan fingerprint density at radius 2 is 2.22 bits per heavy atom. The molecule has 0 bridgehead atoms. The van der Waals surface area contributed by atoms with E-state index in [2.05, 4.69) is 10.3 Å². The van der Waals surface area contributed by atoms with E-state index in [-0.39, 0.29) is 12.1 Å². The third-order valence-electron chi connectivity index (χ3n) is 2.76. The van der Waals surface area contributed by atoms with Crippen molar-refractivity contribution in [2.75, 3.05) is 12.4 Å². The van der Waals surface area contributed by atoms with Crippen LogP contribution in [0.25, 0.3) is 0 Å². The molecule has 0 radical (unpaired) electrons. The van der Waals surface area contributed by atoms with Crippen molar-refractivity contribution in [2.45, 2.75) is 13.0 Å². The van der Waals surface area contributed by atoms with Crippen molar-refractivity contribution < 1.29 is 4.79 Å². The van der Waals surface area contributed by atoms with Crippen LogP contribution in [-0.4, -0.2) is 23.0 Å². The van der Waals surface area contributed by atoms with Crippen LogP contribution in [0.5, 0.6) is 0 Å². The molecule has 2 rings (SSSR count). The number of anilines is 1. The molecule has 2 heterocycles. The summed E-state index contributed by atoms with van der Waals surface area (Å²) in [7, 11) is 1.78. The van der Waals surface area contributed by atoms with Gasteiger partial charge in [0.2, 0.25) is 0 Å². The maximum absolute atomic E-state index is 12.0. The van der Waals surface area contributed by atoms with Crippen molar-refractivity contribution in [1.82, 2.24) is 9.88 Å². The van der Waals surface area contributed by atoms with Gasteiger partial charge in [-0.1, -0.05) is 12.1 Å². The summed E-state index contributed by atoms with van der Waals surface area (Å²) in [6, 6.07) is 9.32. The molecule has 0 aliphatic carbocycles. The van der Waals surface area contributed by atoms with Gasteiger partial charge in [-0.2, -0.15) is 0 Å². The zero-order chi connectivity index (χ0) is 13.0. The summed E-state index contributed by atoms with van der Waals surface area (Å²) in [4.78, 5) is 18.9. The summed E-state index contributed by atoms with van der Waals surface area (Å²) in [5, 5.41) is 4.78. The van der Waals surface area contributed by atoms with Gasteiger partial charge in [-0.05, 0) is 30.5 Å². The largest absolute Gasteiger partial charge is 0.323 e. The fraction of sp³-hybridized carbons (Fsp3) is 0.231. The van der Waals surface area contributed by atoms with Crippen LogP contribution in [0, 0.1) is 0 Å². The first-order chi connectivity index (χ1) is 8.68. The number of carbonyl (C=O) groups excluding carboxylic acids is 1. The van der Waals surface area contributed by atoms with Gasteiger partial charge in [-0.3, -0.25) is 5.32 Å². The van der Waals surface area contributed by atoms with E-state index in [0.29, 0.717) is 5.82 Å². The second-order valence-electron chi connectivity index (χ2n) is 3.95. The normalized spacial score (nSPS) is 11.9. The molecule has 5 heteroatoms. The van der Waals surface area contributed by atoms with Crippen molar-refractivity contribution in [3.63, 3.8) is 0 Å². The molecule has 0 saturated heterocycles. The minimum atomic E-state index is -0.158. The summed E-state index contributed by atoms with van der Waals surface area (Å²) < 4.78 is 0. The number of carbonyl (C=O) groups is 1. The molecule has 0 fully saturated rings. The quantitative estimate of drug-likeness (QED) is 0.920. The number of thiophene rings is 1. The monoisotopic (exact) mass is 261 g/mol. The van der Waals surface area contributed by atoms with E-state index in [0.717, 1.165) is 4.88 Å². The van der Waals surface area contributed by atoms with Crippen molar-refractivity contribution in [3.8, 4) is 0 Å². The smallest absolute Gasteiger partial charge is 0.320 e. The number of hydrogen-bond donors (Lipinski definition) is 1. The number of aromatic nitrogens is 1. The molecule has 4 nitrogen and oxygen atoms in total. The lowest BCUT2D eigenvalue weighted by atomic mass is 10.2. The van der Waals surface area contributed by atoms with Crippen molar-refractivity contribution in [3.05, 3.63) is 46.8 Å². The lowest BCUT2D eigenvalue weighted by Crippen LogP contribution is -2.33. The molecule has 0 saturated carbocycles. The Morgan fingerprint density at radius 1 is 1.39 bits per heavy atom. The predicted molar refractivity (Wildman–Crippen MR) is 73.8 cm³/mol. The first-order valence-corrected chi connectivity index (χ1v) is 6.54. The molecule has 2 aromatic rings. The third kappa shape index (κ3) is 2.87. The van der Waals surface area contributed by atoms with E-state index in [9.17, 15) is 4.79 Å². The molecule has 2 amide bonds. The molecule has 0 spiro atoms. The number of nitrogens with zero attached hydrogens (tertiary/aromatic N) is 2. The zero-order valence-corrected chi connectivity index (χ0v) is 11.1. The van der Waals surface area contributed by atoms with Gasteiger partial charge in [0.05, 0.1) is 6.04 Å². The van der Waals surface area contributed by atoms with Gasteiger partial charge in [0.1, 0.15) is 5.82 Å². The van der Waals surface area contributed by atoms with Gasteiger partial charge < -0.3 is 4.90 Å². The van der Waals surface area contributed by atoms with Crippen LogP contribution >= 0.6 is 11.3 Å². The van der Waals surface area contributed by atoms with Gasteiger partial charge in [-0.15, -0.1) is 11.3 Å². The van der Waals surface area contributed by atoms with Crippen molar-refractivity contribution in [2.24, 2.45) is 0 Å². The van der Waals surface area contributed by atoms with Crippen molar-refractivity contribution >= 4 is 23.2 Å². The minimum Gasteiger partial charge on any atom is -0.320 e. The van der Waals surface area contributed by atoms with E-state index in [1.807, 2.05) is 36.6 Å². The Balaban J connectivity index is 2.01. The number of hydrogen-bond acceptors (Lipinski definition) is 3. The Kier molecular flexibility index (Phi) is 3.94. The van der Waals surface area contributed by atoms with Gasteiger partial charge >= 0.3 is 6.03 Å². The van der Waals surface area contributed by atoms with E-state index in [1.165, 1.54) is 0 Å². The van der Waals surface area contributed by atoms with Gasteiger partial charge in [0.15, 0.2) is 0 Å². The van der Waals surface area contributed by atoms with Crippen LogP contribution in [0.15, 0.2) is 41.9 Å². The molecule has 1 N–H and O–H groups in total. The molecule has 2 aromatic heterocycles. The fourth-order valence-corrected chi connectivity index (χ4v) is 2.36. The molecule has 18 heavy (non-hydrogen) atoms. The van der Waals surface area contributed by atoms with Crippen LogP contribution in [-0.2, 0) is 0 Å². The van der Waals surface area contributed by atoms with Gasteiger partial charge in [0, 0.05) is 18.1 Å². The summed E-state index contributed by atoms with van der Waals surface area (Å²) in [6.07, 6.45) is 1.65. The van der Waals surface area contributed by atoms with Crippen LogP contribution in [0.1, 0.15) is 17.8 Å². The average molecular weight is 261 g/mol. The number of urea groups is 1. The van der Waals surface area contributed by atoms with E-state index < -0.39 is 0 Å². The lowest BCUT2D eigenvalue weighted by molar-refractivity contribution is 0.209. The Morgan fingerprint density at radius 3 is 2.83 bits per heavy atom. The molecule has 0 aromatic carbocycles. The standard InChI is InChI=1S/C13H15N3OS/c1-10(11-6-5-9-18-11)16(2)13(17)15-12-7-3-4-8-14-12/h3-10H,1-2H3,(H,14,15,17). The highest BCUT2D eigenvalue weighted by Crippen LogP contribution is 2.23. The molecule has 0 aliphatic heterocycles. The molecule has 1 unspecified atom stereocenters. The van der Waals surface area contributed by atoms with E-state index in [4.69, 9.17) is 0 Å². The SMILES string of the molecule is CC(c1cccs1)N(C)C(=O)Nc1ccccn1. The van der Waals surface area contributed by atoms with Gasteiger partial charge in [-0.25, -0.2) is 9.78 Å². The topological polar surface area (TPSA) is 45.2 Å². The highest BCUT2D eigenvalue weighted by atomic mass is 32.1.